The summed E-state index contributed by atoms with van der Waals surface area (Å²) in [5.41, 5.74) is 0.508. The topological polar surface area (TPSA) is 0 Å². The molecule has 0 aromatic carbocycles. The van der Waals surface area contributed by atoms with Crippen LogP contribution in [0.1, 0.15) is 59.8 Å². The van der Waals surface area contributed by atoms with Gasteiger partial charge in [0.25, 0.3) is 0 Å². The summed E-state index contributed by atoms with van der Waals surface area (Å²) in [6, 6.07) is 0. The van der Waals surface area contributed by atoms with Gasteiger partial charge < -0.3 is 0 Å². The van der Waals surface area contributed by atoms with Crippen molar-refractivity contribution in [1.82, 2.24) is 0 Å². The van der Waals surface area contributed by atoms with E-state index in [2.05, 4.69) is 43.6 Å². The second-order valence-electron chi connectivity index (χ2n) is 4.75. The van der Waals surface area contributed by atoms with Crippen LogP contribution in [0, 0.1) is 11.3 Å². The van der Waals surface area contributed by atoms with Crippen LogP contribution in [0.3, 0.4) is 0 Å². The minimum absolute atomic E-state index is 0.508. The molecule has 0 aromatic rings. The molecule has 1 atom stereocenters. The highest BCUT2D eigenvalue weighted by atomic mass is 79.9. The lowest BCUT2D eigenvalue weighted by Crippen LogP contribution is -2.25. The van der Waals surface area contributed by atoms with Crippen molar-refractivity contribution >= 4 is 15.9 Å². The molecule has 0 saturated heterocycles. The maximum atomic E-state index is 3.64. The zero-order valence-corrected chi connectivity index (χ0v) is 11.3. The molecular weight excluding hydrogens is 224 g/mol. The monoisotopic (exact) mass is 248 g/mol. The highest BCUT2D eigenvalue weighted by molar-refractivity contribution is 9.09. The Morgan fingerprint density at radius 3 is 2.15 bits per heavy atom. The first kappa shape index (κ1) is 13.5. The van der Waals surface area contributed by atoms with Crippen LogP contribution in [0.4, 0.5) is 0 Å². The van der Waals surface area contributed by atoms with Crippen molar-refractivity contribution in [3.8, 4) is 0 Å². The van der Waals surface area contributed by atoms with Gasteiger partial charge >= 0.3 is 0 Å². The summed E-state index contributed by atoms with van der Waals surface area (Å²) in [6.45, 7) is 9.34. The zero-order chi connectivity index (χ0) is 10.3. The summed E-state index contributed by atoms with van der Waals surface area (Å²) >= 11 is 3.64. The Morgan fingerprint density at radius 2 is 1.77 bits per heavy atom. The first-order chi connectivity index (χ1) is 6.06. The molecule has 1 heteroatoms. The van der Waals surface area contributed by atoms with Crippen LogP contribution < -0.4 is 0 Å². The molecule has 0 aliphatic carbocycles. The summed E-state index contributed by atoms with van der Waals surface area (Å²) in [6.07, 6.45) is 6.92. The number of halogens is 1. The zero-order valence-electron chi connectivity index (χ0n) is 9.70. The van der Waals surface area contributed by atoms with E-state index in [4.69, 9.17) is 0 Å². The van der Waals surface area contributed by atoms with Gasteiger partial charge in [0.1, 0.15) is 0 Å². The predicted octanol–water partition coefficient (Wildman–Crippen LogP) is 5.01. The van der Waals surface area contributed by atoms with Crippen LogP contribution in [0.15, 0.2) is 0 Å². The van der Waals surface area contributed by atoms with Gasteiger partial charge in [0.15, 0.2) is 0 Å². The van der Waals surface area contributed by atoms with Crippen LogP contribution >= 0.6 is 15.9 Å². The molecule has 0 nitrogen and oxygen atoms in total. The molecule has 0 rings (SSSR count). The van der Waals surface area contributed by atoms with Crippen molar-refractivity contribution in [2.45, 2.75) is 59.8 Å². The highest BCUT2D eigenvalue weighted by Gasteiger charge is 2.25. The summed E-state index contributed by atoms with van der Waals surface area (Å²) in [5.74, 6) is 0.786. The van der Waals surface area contributed by atoms with Crippen LogP contribution in [-0.2, 0) is 0 Å². The van der Waals surface area contributed by atoms with E-state index in [-0.39, 0.29) is 0 Å². The highest BCUT2D eigenvalue weighted by Crippen LogP contribution is 2.34. The number of hydrogen-bond acceptors (Lipinski definition) is 0. The van der Waals surface area contributed by atoms with Crippen LogP contribution in [0.5, 0.6) is 0 Å². The molecule has 0 radical (unpaired) electrons. The lowest BCUT2D eigenvalue weighted by Gasteiger charge is -2.31. The molecule has 0 aromatic heterocycles. The maximum absolute atomic E-state index is 3.64. The van der Waals surface area contributed by atoms with Crippen molar-refractivity contribution < 1.29 is 0 Å². The maximum Gasteiger partial charge on any atom is 0.00877 e. The van der Waals surface area contributed by atoms with Gasteiger partial charge in [0.05, 0.1) is 0 Å². The van der Waals surface area contributed by atoms with E-state index >= 15 is 0 Å². The SMILES string of the molecule is CCCCCCC(C)(CBr)C(C)C. The second-order valence-corrected chi connectivity index (χ2v) is 5.31. The molecule has 0 bridgehead atoms. The average Bonchev–Trinajstić information content (AvgIpc) is 2.12. The van der Waals surface area contributed by atoms with E-state index in [0.717, 1.165) is 11.2 Å². The lowest BCUT2D eigenvalue weighted by atomic mass is 9.77. The average molecular weight is 249 g/mol. The van der Waals surface area contributed by atoms with Gasteiger partial charge in [-0.05, 0) is 17.8 Å². The molecule has 0 spiro atoms. The van der Waals surface area contributed by atoms with E-state index in [1.54, 1.807) is 0 Å². The Morgan fingerprint density at radius 1 is 1.15 bits per heavy atom. The third-order valence-corrected chi connectivity index (χ3v) is 4.58. The van der Waals surface area contributed by atoms with Crippen molar-refractivity contribution in [1.29, 1.82) is 0 Å². The molecule has 0 saturated carbocycles. The molecule has 0 fully saturated rings. The van der Waals surface area contributed by atoms with E-state index < -0.39 is 0 Å². The largest absolute Gasteiger partial charge is 0.0922 e. The van der Waals surface area contributed by atoms with Crippen molar-refractivity contribution in [2.75, 3.05) is 5.33 Å². The van der Waals surface area contributed by atoms with Crippen molar-refractivity contribution in [3.63, 3.8) is 0 Å². The molecule has 0 amide bonds. The van der Waals surface area contributed by atoms with Crippen LogP contribution in [0.2, 0.25) is 0 Å². The Hall–Kier alpha value is 0.480. The molecule has 0 heterocycles. The first-order valence-corrected chi connectivity index (χ1v) is 6.75. The van der Waals surface area contributed by atoms with E-state index in [9.17, 15) is 0 Å². The van der Waals surface area contributed by atoms with E-state index in [0.29, 0.717) is 5.41 Å². The third kappa shape index (κ3) is 5.05. The van der Waals surface area contributed by atoms with Gasteiger partial charge in [-0.25, -0.2) is 0 Å². The second kappa shape index (κ2) is 6.86. The molecule has 0 aliphatic rings. The summed E-state index contributed by atoms with van der Waals surface area (Å²) in [5, 5.41) is 1.14. The molecule has 13 heavy (non-hydrogen) atoms. The van der Waals surface area contributed by atoms with E-state index in [1.165, 1.54) is 32.1 Å². The standard InChI is InChI=1S/C12H25Br/c1-5-6-7-8-9-12(4,10-13)11(2)3/h11H,5-10H2,1-4H3. The van der Waals surface area contributed by atoms with Gasteiger partial charge in [0, 0.05) is 5.33 Å². The third-order valence-electron chi connectivity index (χ3n) is 3.30. The molecule has 0 N–H and O–H groups in total. The van der Waals surface area contributed by atoms with Crippen LogP contribution in [-0.4, -0.2) is 5.33 Å². The summed E-state index contributed by atoms with van der Waals surface area (Å²) in [4.78, 5) is 0. The first-order valence-electron chi connectivity index (χ1n) is 5.62. The summed E-state index contributed by atoms with van der Waals surface area (Å²) in [7, 11) is 0. The molecule has 80 valence electrons. The van der Waals surface area contributed by atoms with Crippen molar-refractivity contribution in [2.24, 2.45) is 11.3 Å². The number of hydrogen-bond donors (Lipinski definition) is 0. The van der Waals surface area contributed by atoms with Gasteiger partial charge in [0.2, 0.25) is 0 Å². The van der Waals surface area contributed by atoms with Crippen molar-refractivity contribution in [3.05, 3.63) is 0 Å². The molecule has 1 unspecified atom stereocenters. The Kier molecular flexibility index (Phi) is 7.12. The van der Waals surface area contributed by atoms with Gasteiger partial charge in [-0.3, -0.25) is 0 Å². The Balaban J connectivity index is 3.71. The molecular formula is C12H25Br. The lowest BCUT2D eigenvalue weighted by molar-refractivity contribution is 0.230. The summed E-state index contributed by atoms with van der Waals surface area (Å²) < 4.78 is 0. The molecule has 0 aliphatic heterocycles. The Bertz CT molecular complexity index is 120. The number of unbranched alkanes of at least 4 members (excludes halogenated alkanes) is 3. The fourth-order valence-electron chi connectivity index (χ4n) is 1.47. The smallest absolute Gasteiger partial charge is 0.00877 e. The normalized spacial score (nSPS) is 16.2. The number of alkyl halides is 1. The Labute approximate surface area is 92.6 Å². The number of rotatable bonds is 7. The van der Waals surface area contributed by atoms with Crippen LogP contribution in [0.25, 0.3) is 0 Å². The minimum Gasteiger partial charge on any atom is -0.0922 e. The predicted molar refractivity (Wildman–Crippen MR) is 65.5 cm³/mol. The minimum atomic E-state index is 0.508. The fraction of sp³-hybridized carbons (Fsp3) is 1.00. The van der Waals surface area contributed by atoms with Gasteiger partial charge in [-0.2, -0.15) is 0 Å². The van der Waals surface area contributed by atoms with Gasteiger partial charge in [-0.15, -0.1) is 0 Å². The van der Waals surface area contributed by atoms with E-state index in [1.807, 2.05) is 0 Å². The quantitative estimate of drug-likeness (QED) is 0.439. The van der Waals surface area contributed by atoms with Gasteiger partial charge in [-0.1, -0.05) is 69.3 Å². The fourth-order valence-corrected chi connectivity index (χ4v) is 2.39.